The van der Waals surface area contributed by atoms with Crippen LogP contribution in [0, 0.1) is 6.92 Å². The lowest BCUT2D eigenvalue weighted by atomic mass is 10.2. The van der Waals surface area contributed by atoms with Gasteiger partial charge in [0.2, 0.25) is 0 Å². The van der Waals surface area contributed by atoms with Crippen LogP contribution in [0.5, 0.6) is 0 Å². The van der Waals surface area contributed by atoms with Crippen LogP contribution in [0.25, 0.3) is 0 Å². The summed E-state index contributed by atoms with van der Waals surface area (Å²) in [5.41, 5.74) is 6.71. The molecule has 6 heteroatoms. The van der Waals surface area contributed by atoms with Gasteiger partial charge in [-0.05, 0) is 25.1 Å². The molecule has 2 rings (SSSR count). The Bertz CT molecular complexity index is 577. The molecule has 0 fully saturated rings. The van der Waals surface area contributed by atoms with Crippen LogP contribution in [0.2, 0.25) is 0 Å². The molecule has 0 atom stereocenters. The summed E-state index contributed by atoms with van der Waals surface area (Å²) in [7, 11) is 0. The van der Waals surface area contributed by atoms with Gasteiger partial charge in [0.15, 0.2) is 0 Å². The van der Waals surface area contributed by atoms with Gasteiger partial charge < -0.3 is 11.1 Å². The number of nitrogens with one attached hydrogen (secondary N) is 1. The van der Waals surface area contributed by atoms with Gasteiger partial charge in [0, 0.05) is 5.69 Å². The molecular formula is C13H12F3N3. The molecule has 3 N–H and O–H groups in total. The van der Waals surface area contributed by atoms with E-state index in [9.17, 15) is 13.2 Å². The molecule has 2 aromatic rings. The normalized spacial score (nSPS) is 11.4. The van der Waals surface area contributed by atoms with E-state index in [1.54, 1.807) is 12.1 Å². The van der Waals surface area contributed by atoms with Crippen LogP contribution >= 0.6 is 0 Å². The Morgan fingerprint density at radius 3 is 2.37 bits per heavy atom. The molecule has 0 bridgehead atoms. The van der Waals surface area contributed by atoms with Gasteiger partial charge in [-0.1, -0.05) is 17.7 Å². The second kappa shape index (κ2) is 4.79. The number of nitrogen functional groups attached to an aromatic ring is 1. The van der Waals surface area contributed by atoms with E-state index in [0.29, 0.717) is 5.69 Å². The average molecular weight is 267 g/mol. The number of nitrogens with two attached hydrogens (primary N) is 1. The highest BCUT2D eigenvalue weighted by molar-refractivity contribution is 5.72. The number of alkyl halides is 3. The van der Waals surface area contributed by atoms with Crippen LogP contribution in [0.4, 0.5) is 30.2 Å². The maximum Gasteiger partial charge on any atom is 0.433 e. The van der Waals surface area contributed by atoms with E-state index in [0.717, 1.165) is 17.8 Å². The average Bonchev–Trinajstić information content (AvgIpc) is 2.33. The molecule has 3 nitrogen and oxygen atoms in total. The van der Waals surface area contributed by atoms with Crippen LogP contribution in [0.3, 0.4) is 0 Å². The highest BCUT2D eigenvalue weighted by Crippen LogP contribution is 2.32. The van der Waals surface area contributed by atoms with Crippen molar-refractivity contribution in [3.8, 4) is 0 Å². The zero-order valence-corrected chi connectivity index (χ0v) is 10.1. The predicted molar refractivity (Wildman–Crippen MR) is 68.1 cm³/mol. The molecular weight excluding hydrogens is 255 g/mol. The second-order valence-corrected chi connectivity index (χ2v) is 4.15. The van der Waals surface area contributed by atoms with Gasteiger partial charge in [0.05, 0.1) is 17.6 Å². The summed E-state index contributed by atoms with van der Waals surface area (Å²) in [4.78, 5) is 3.28. The van der Waals surface area contributed by atoms with Gasteiger partial charge in [0.25, 0.3) is 0 Å². The number of anilines is 3. The first-order chi connectivity index (χ1) is 8.86. The lowest BCUT2D eigenvalue weighted by Crippen LogP contribution is -2.09. The monoisotopic (exact) mass is 267 g/mol. The summed E-state index contributed by atoms with van der Waals surface area (Å²) in [6, 6.07) is 8.13. The number of nitrogens with zero attached hydrogens (tertiary/aromatic N) is 1. The van der Waals surface area contributed by atoms with Gasteiger partial charge >= 0.3 is 6.18 Å². The molecule has 1 aromatic heterocycles. The van der Waals surface area contributed by atoms with E-state index in [4.69, 9.17) is 5.73 Å². The van der Waals surface area contributed by atoms with Crippen molar-refractivity contribution in [2.75, 3.05) is 11.1 Å². The van der Waals surface area contributed by atoms with Crippen LogP contribution in [-0.4, -0.2) is 4.98 Å². The minimum atomic E-state index is -4.49. The quantitative estimate of drug-likeness (QED) is 0.871. The van der Waals surface area contributed by atoms with Gasteiger partial charge in [-0.25, -0.2) is 4.98 Å². The Morgan fingerprint density at radius 1 is 1.16 bits per heavy atom. The molecule has 1 aromatic carbocycles. The third kappa shape index (κ3) is 3.15. The van der Waals surface area contributed by atoms with Crippen molar-refractivity contribution in [2.45, 2.75) is 13.1 Å². The van der Waals surface area contributed by atoms with Crippen LogP contribution in [0.1, 0.15) is 11.3 Å². The van der Waals surface area contributed by atoms with E-state index >= 15 is 0 Å². The van der Waals surface area contributed by atoms with Crippen molar-refractivity contribution in [1.29, 1.82) is 0 Å². The van der Waals surface area contributed by atoms with Crippen molar-refractivity contribution < 1.29 is 13.2 Å². The van der Waals surface area contributed by atoms with E-state index in [2.05, 4.69) is 10.3 Å². The fourth-order valence-corrected chi connectivity index (χ4v) is 1.52. The fraction of sp³-hybridized carbons (Fsp3) is 0.154. The number of benzene rings is 1. The summed E-state index contributed by atoms with van der Waals surface area (Å²) >= 11 is 0. The topological polar surface area (TPSA) is 50.9 Å². The number of pyridine rings is 1. The van der Waals surface area contributed by atoms with Gasteiger partial charge in [0.1, 0.15) is 5.69 Å². The van der Waals surface area contributed by atoms with Crippen molar-refractivity contribution >= 4 is 17.1 Å². The van der Waals surface area contributed by atoms with Gasteiger partial charge in [-0.3, -0.25) is 0 Å². The number of halogens is 3. The van der Waals surface area contributed by atoms with Crippen molar-refractivity contribution in [3.63, 3.8) is 0 Å². The molecule has 0 amide bonds. The molecule has 0 unspecified atom stereocenters. The first kappa shape index (κ1) is 13.2. The van der Waals surface area contributed by atoms with Crippen LogP contribution in [-0.2, 0) is 6.18 Å². The standard InChI is InChI=1S/C13H12F3N3/c1-8-2-4-9(5-3-8)19-11-6-12(13(14,15)16)18-7-10(11)17/h2-7H,17H2,1H3,(H,18,19). The molecule has 0 radical (unpaired) electrons. The third-order valence-electron chi connectivity index (χ3n) is 2.56. The molecule has 0 aliphatic carbocycles. The fourth-order valence-electron chi connectivity index (χ4n) is 1.52. The molecule has 0 saturated heterocycles. The molecule has 0 spiro atoms. The predicted octanol–water partition coefficient (Wildman–Crippen LogP) is 3.73. The van der Waals surface area contributed by atoms with E-state index < -0.39 is 11.9 Å². The van der Waals surface area contributed by atoms with E-state index in [-0.39, 0.29) is 11.4 Å². The minimum absolute atomic E-state index is 0.161. The van der Waals surface area contributed by atoms with E-state index in [1.165, 1.54) is 0 Å². The molecule has 100 valence electrons. The molecule has 19 heavy (non-hydrogen) atoms. The zero-order chi connectivity index (χ0) is 14.0. The van der Waals surface area contributed by atoms with Gasteiger partial charge in [-0.2, -0.15) is 13.2 Å². The Kier molecular flexibility index (Phi) is 3.33. The summed E-state index contributed by atoms with van der Waals surface area (Å²) in [6.45, 7) is 1.92. The summed E-state index contributed by atoms with van der Waals surface area (Å²) in [6.07, 6.45) is -3.49. The number of rotatable bonds is 2. The molecule has 0 aliphatic rings. The lowest BCUT2D eigenvalue weighted by molar-refractivity contribution is -0.141. The van der Waals surface area contributed by atoms with Gasteiger partial charge in [-0.15, -0.1) is 0 Å². The van der Waals surface area contributed by atoms with Crippen LogP contribution < -0.4 is 11.1 Å². The largest absolute Gasteiger partial charge is 0.433 e. The number of hydrogen-bond acceptors (Lipinski definition) is 3. The maximum absolute atomic E-state index is 12.6. The maximum atomic E-state index is 12.6. The summed E-state index contributed by atoms with van der Waals surface area (Å²) in [5, 5.41) is 2.85. The van der Waals surface area contributed by atoms with E-state index in [1.807, 2.05) is 19.1 Å². The third-order valence-corrected chi connectivity index (χ3v) is 2.56. The molecule has 0 saturated carbocycles. The smallest absolute Gasteiger partial charge is 0.396 e. The highest BCUT2D eigenvalue weighted by atomic mass is 19.4. The Labute approximate surface area is 108 Å². The zero-order valence-electron chi connectivity index (χ0n) is 10.1. The van der Waals surface area contributed by atoms with Crippen molar-refractivity contribution in [2.24, 2.45) is 0 Å². The SMILES string of the molecule is Cc1ccc(Nc2cc(C(F)(F)F)ncc2N)cc1. The minimum Gasteiger partial charge on any atom is -0.396 e. The van der Waals surface area contributed by atoms with Crippen molar-refractivity contribution in [1.82, 2.24) is 4.98 Å². The molecule has 1 heterocycles. The molecule has 0 aliphatic heterocycles. The van der Waals surface area contributed by atoms with Crippen LogP contribution in [0.15, 0.2) is 36.5 Å². The Balaban J connectivity index is 2.31. The number of aromatic nitrogens is 1. The van der Waals surface area contributed by atoms with Crippen molar-refractivity contribution in [3.05, 3.63) is 47.8 Å². The number of hydrogen-bond donors (Lipinski definition) is 2. The first-order valence-electron chi connectivity index (χ1n) is 5.52. The highest BCUT2D eigenvalue weighted by Gasteiger charge is 2.32. The Morgan fingerprint density at radius 2 is 1.79 bits per heavy atom. The summed E-state index contributed by atoms with van der Waals surface area (Å²) < 4.78 is 37.7. The lowest BCUT2D eigenvalue weighted by Gasteiger charge is -2.12. The Hall–Kier alpha value is -2.24. The summed E-state index contributed by atoms with van der Waals surface area (Å²) in [5.74, 6) is 0. The number of aryl methyl sites for hydroxylation is 1. The second-order valence-electron chi connectivity index (χ2n) is 4.15. The first-order valence-corrected chi connectivity index (χ1v) is 5.52.